The number of piperazine rings is 1. The number of carbonyl (C=O) groups is 1. The van der Waals surface area contributed by atoms with Crippen molar-refractivity contribution in [3.63, 3.8) is 0 Å². The number of carboxylic acids is 1. The Morgan fingerprint density at radius 3 is 2.82 bits per heavy atom. The van der Waals surface area contributed by atoms with Crippen LogP contribution in [0.4, 0.5) is 5.82 Å². The Balaban J connectivity index is 1.77. The van der Waals surface area contributed by atoms with Crippen LogP contribution in [-0.2, 0) is 4.79 Å². The van der Waals surface area contributed by atoms with Crippen molar-refractivity contribution in [2.75, 3.05) is 31.6 Å². The predicted octanol–water partition coefficient (Wildman–Crippen LogP) is 0.645. The molecule has 116 valence electrons. The van der Waals surface area contributed by atoms with Crippen molar-refractivity contribution < 1.29 is 14.4 Å². The first-order chi connectivity index (χ1) is 10.5. The molecule has 2 aromatic rings. The maximum Gasteiger partial charge on any atom is 0.322 e. The van der Waals surface area contributed by atoms with E-state index in [1.165, 1.54) is 0 Å². The minimum atomic E-state index is -0.815. The standard InChI is InChI=1S/C14H17N5O3/c1-9-16-13(22-17-9)10-3-4-12(15-7-10)19-6-5-18(2)11(8-19)14(20)21/h3-4,7,11H,5-6,8H2,1-2H3,(H,20,21). The number of anilines is 1. The summed E-state index contributed by atoms with van der Waals surface area (Å²) in [5.41, 5.74) is 0.744. The number of carboxylic acid groups (broad SMARTS) is 1. The molecule has 0 radical (unpaired) electrons. The van der Waals surface area contributed by atoms with E-state index in [1.807, 2.05) is 29.0 Å². The molecule has 1 N–H and O–H groups in total. The average molecular weight is 303 g/mol. The maximum atomic E-state index is 11.3. The zero-order valence-corrected chi connectivity index (χ0v) is 12.4. The monoisotopic (exact) mass is 303 g/mol. The quantitative estimate of drug-likeness (QED) is 0.883. The summed E-state index contributed by atoms with van der Waals surface area (Å²) in [5.74, 6) is 0.935. The zero-order chi connectivity index (χ0) is 15.7. The van der Waals surface area contributed by atoms with E-state index in [0.717, 1.165) is 17.9 Å². The summed E-state index contributed by atoms with van der Waals surface area (Å²) in [6.07, 6.45) is 1.66. The van der Waals surface area contributed by atoms with Gasteiger partial charge in [0, 0.05) is 25.8 Å². The molecule has 1 aliphatic rings. The van der Waals surface area contributed by atoms with Crippen molar-refractivity contribution in [1.29, 1.82) is 0 Å². The fraction of sp³-hybridized carbons (Fsp3) is 0.429. The number of rotatable bonds is 3. The fourth-order valence-corrected chi connectivity index (χ4v) is 2.46. The highest BCUT2D eigenvalue weighted by Gasteiger charge is 2.30. The Bertz CT molecular complexity index is 669. The van der Waals surface area contributed by atoms with Gasteiger partial charge in [0.15, 0.2) is 5.82 Å². The predicted molar refractivity (Wildman–Crippen MR) is 78.5 cm³/mol. The topological polar surface area (TPSA) is 95.6 Å². The molecule has 0 aliphatic carbocycles. The molecule has 0 spiro atoms. The summed E-state index contributed by atoms with van der Waals surface area (Å²) in [6, 6.07) is 3.18. The van der Waals surface area contributed by atoms with Crippen molar-refractivity contribution in [1.82, 2.24) is 20.0 Å². The lowest BCUT2D eigenvalue weighted by molar-refractivity contribution is -0.142. The first-order valence-corrected chi connectivity index (χ1v) is 6.99. The first kappa shape index (κ1) is 14.5. The van der Waals surface area contributed by atoms with Gasteiger partial charge in [0.25, 0.3) is 5.89 Å². The number of hydrogen-bond donors (Lipinski definition) is 1. The normalized spacial score (nSPS) is 19.4. The number of aromatic nitrogens is 3. The van der Waals surface area contributed by atoms with Gasteiger partial charge < -0.3 is 14.5 Å². The molecular formula is C14H17N5O3. The molecule has 1 aliphatic heterocycles. The van der Waals surface area contributed by atoms with E-state index in [4.69, 9.17) is 4.52 Å². The van der Waals surface area contributed by atoms with Gasteiger partial charge in [-0.1, -0.05) is 5.16 Å². The van der Waals surface area contributed by atoms with E-state index >= 15 is 0 Å². The van der Waals surface area contributed by atoms with Gasteiger partial charge in [0.1, 0.15) is 11.9 Å². The highest BCUT2D eigenvalue weighted by molar-refractivity contribution is 5.74. The Kier molecular flexibility index (Phi) is 3.76. The van der Waals surface area contributed by atoms with Crippen molar-refractivity contribution in [2.45, 2.75) is 13.0 Å². The smallest absolute Gasteiger partial charge is 0.322 e. The Hall–Kier alpha value is -2.48. The van der Waals surface area contributed by atoms with E-state index in [-0.39, 0.29) is 0 Å². The van der Waals surface area contributed by atoms with Crippen LogP contribution >= 0.6 is 0 Å². The number of nitrogens with zero attached hydrogens (tertiary/aromatic N) is 5. The van der Waals surface area contributed by atoms with Crippen LogP contribution in [-0.4, -0.2) is 63.8 Å². The second kappa shape index (κ2) is 5.72. The molecular weight excluding hydrogens is 286 g/mol. The summed E-state index contributed by atoms with van der Waals surface area (Å²) in [7, 11) is 1.82. The van der Waals surface area contributed by atoms with Crippen molar-refractivity contribution in [3.05, 3.63) is 24.2 Å². The molecule has 8 heteroatoms. The van der Waals surface area contributed by atoms with E-state index in [0.29, 0.717) is 24.8 Å². The van der Waals surface area contributed by atoms with E-state index in [2.05, 4.69) is 15.1 Å². The van der Waals surface area contributed by atoms with Crippen LogP contribution in [0.15, 0.2) is 22.9 Å². The molecule has 1 atom stereocenters. The van der Waals surface area contributed by atoms with Crippen LogP contribution in [0.5, 0.6) is 0 Å². The number of pyridine rings is 1. The van der Waals surface area contributed by atoms with Gasteiger partial charge in [-0.3, -0.25) is 9.69 Å². The van der Waals surface area contributed by atoms with E-state index in [1.54, 1.807) is 13.1 Å². The van der Waals surface area contributed by atoms with Crippen LogP contribution in [0.1, 0.15) is 5.82 Å². The molecule has 0 saturated carbocycles. The van der Waals surface area contributed by atoms with Crippen LogP contribution < -0.4 is 4.90 Å². The Morgan fingerprint density at radius 2 is 2.23 bits per heavy atom. The molecule has 0 amide bonds. The molecule has 1 fully saturated rings. The van der Waals surface area contributed by atoms with Gasteiger partial charge in [0.05, 0.1) is 5.56 Å². The van der Waals surface area contributed by atoms with Gasteiger partial charge in [-0.05, 0) is 26.1 Å². The minimum Gasteiger partial charge on any atom is -0.480 e. The summed E-state index contributed by atoms with van der Waals surface area (Å²) in [6.45, 7) is 3.60. The number of likely N-dealkylation sites (N-methyl/N-ethyl adjacent to an activating group) is 1. The van der Waals surface area contributed by atoms with Gasteiger partial charge >= 0.3 is 5.97 Å². The van der Waals surface area contributed by atoms with Gasteiger partial charge in [0.2, 0.25) is 0 Å². The van der Waals surface area contributed by atoms with Crippen LogP contribution in [0, 0.1) is 6.92 Å². The Morgan fingerprint density at radius 1 is 1.41 bits per heavy atom. The maximum absolute atomic E-state index is 11.3. The summed E-state index contributed by atoms with van der Waals surface area (Å²) >= 11 is 0. The zero-order valence-electron chi connectivity index (χ0n) is 12.4. The molecule has 1 saturated heterocycles. The van der Waals surface area contributed by atoms with Crippen LogP contribution in [0.25, 0.3) is 11.5 Å². The van der Waals surface area contributed by atoms with E-state index < -0.39 is 12.0 Å². The van der Waals surface area contributed by atoms with Crippen molar-refractivity contribution in [2.24, 2.45) is 0 Å². The molecule has 8 nitrogen and oxygen atoms in total. The molecule has 0 aromatic carbocycles. The largest absolute Gasteiger partial charge is 0.480 e. The average Bonchev–Trinajstić information content (AvgIpc) is 2.94. The number of aryl methyl sites for hydroxylation is 1. The summed E-state index contributed by atoms with van der Waals surface area (Å²) in [4.78, 5) is 23.6. The highest BCUT2D eigenvalue weighted by atomic mass is 16.5. The third-order valence-corrected chi connectivity index (χ3v) is 3.78. The van der Waals surface area contributed by atoms with Crippen molar-refractivity contribution in [3.8, 4) is 11.5 Å². The number of hydrogen-bond acceptors (Lipinski definition) is 7. The first-order valence-electron chi connectivity index (χ1n) is 6.99. The fourth-order valence-electron chi connectivity index (χ4n) is 2.46. The molecule has 3 rings (SSSR count). The van der Waals surface area contributed by atoms with Crippen LogP contribution in [0.2, 0.25) is 0 Å². The Labute approximate surface area is 127 Å². The van der Waals surface area contributed by atoms with Crippen molar-refractivity contribution >= 4 is 11.8 Å². The number of aliphatic carboxylic acids is 1. The second-order valence-corrected chi connectivity index (χ2v) is 5.33. The van der Waals surface area contributed by atoms with Crippen LogP contribution in [0.3, 0.4) is 0 Å². The molecule has 22 heavy (non-hydrogen) atoms. The highest BCUT2D eigenvalue weighted by Crippen LogP contribution is 2.21. The van der Waals surface area contributed by atoms with Gasteiger partial charge in [-0.25, -0.2) is 4.98 Å². The molecule has 3 heterocycles. The SMILES string of the molecule is Cc1noc(-c2ccc(N3CCN(C)C(C(=O)O)C3)nc2)n1. The third kappa shape index (κ3) is 2.77. The lowest BCUT2D eigenvalue weighted by Crippen LogP contribution is -2.55. The lowest BCUT2D eigenvalue weighted by Gasteiger charge is -2.37. The minimum absolute atomic E-state index is 0.415. The third-order valence-electron chi connectivity index (χ3n) is 3.78. The van der Waals surface area contributed by atoms with Gasteiger partial charge in [-0.2, -0.15) is 4.98 Å². The molecule has 0 bridgehead atoms. The molecule has 2 aromatic heterocycles. The second-order valence-electron chi connectivity index (χ2n) is 5.33. The van der Waals surface area contributed by atoms with E-state index in [9.17, 15) is 9.90 Å². The van der Waals surface area contributed by atoms with Gasteiger partial charge in [-0.15, -0.1) is 0 Å². The summed E-state index contributed by atoms with van der Waals surface area (Å²) < 4.78 is 5.10. The summed E-state index contributed by atoms with van der Waals surface area (Å²) in [5, 5.41) is 13.0. The molecule has 1 unspecified atom stereocenters. The lowest BCUT2D eigenvalue weighted by atomic mass is 10.1.